The van der Waals surface area contributed by atoms with Crippen LogP contribution in [0, 0.1) is 6.92 Å². The number of aryl methyl sites for hydroxylation is 1. The van der Waals surface area contributed by atoms with Gasteiger partial charge in [0, 0.05) is 28.6 Å². The summed E-state index contributed by atoms with van der Waals surface area (Å²) in [6.45, 7) is 2.02. The van der Waals surface area contributed by atoms with Gasteiger partial charge in [0.25, 0.3) is 0 Å². The summed E-state index contributed by atoms with van der Waals surface area (Å²) in [5.74, 6) is 0.646. The Morgan fingerprint density at radius 1 is 1.00 bits per heavy atom. The minimum absolute atomic E-state index is 0.507. The Balaban J connectivity index is 1.98. The monoisotopic (exact) mass is 349 g/mol. The van der Waals surface area contributed by atoms with Gasteiger partial charge in [-0.2, -0.15) is 0 Å². The average Bonchev–Trinajstić information content (AvgIpc) is 3.08. The maximum absolute atomic E-state index is 11.1. The van der Waals surface area contributed by atoms with Crippen LogP contribution in [0.2, 0.25) is 0 Å². The fourth-order valence-electron chi connectivity index (χ4n) is 2.71. The molecule has 0 saturated heterocycles. The van der Waals surface area contributed by atoms with Crippen LogP contribution in [0.25, 0.3) is 22.4 Å². The average molecular weight is 349 g/mol. The lowest BCUT2D eigenvalue weighted by molar-refractivity contribution is 0.181. The van der Waals surface area contributed by atoms with Gasteiger partial charge in [-0.05, 0) is 30.7 Å². The number of aromatic nitrogens is 1. The first-order valence-electron chi connectivity index (χ1n) is 8.05. The molecule has 1 aromatic heterocycles. The van der Waals surface area contributed by atoms with Crippen LogP contribution in [0.3, 0.4) is 0 Å². The van der Waals surface area contributed by atoms with Crippen molar-refractivity contribution in [2.45, 2.75) is 6.92 Å². The molecule has 0 radical (unpaired) electrons. The second kappa shape index (κ2) is 7.65. The van der Waals surface area contributed by atoms with Gasteiger partial charge in [0.2, 0.25) is 0 Å². The Morgan fingerprint density at radius 2 is 1.77 bits per heavy atom. The standard InChI is InChI=1S/C20H19N3O3/c1-13-17(12-18(21-13)14-7-5-4-6-8-14)16-10-9-15(11-19(16)25-2)22-23-20(24)26-3/h4-12,21H,1-3H3. The minimum Gasteiger partial charge on any atom is -0.496 e. The number of azo groups is 1. The molecule has 0 saturated carbocycles. The molecular weight excluding hydrogens is 330 g/mol. The predicted octanol–water partition coefficient (Wildman–Crippen LogP) is 5.52. The molecule has 0 unspecified atom stereocenters. The first kappa shape index (κ1) is 17.4. The van der Waals surface area contributed by atoms with Crippen molar-refractivity contribution in [2.24, 2.45) is 10.2 Å². The third-order valence-corrected chi connectivity index (χ3v) is 4.00. The molecule has 0 aliphatic carbocycles. The molecular formula is C20H19N3O3. The van der Waals surface area contributed by atoms with E-state index in [4.69, 9.17) is 4.74 Å². The van der Waals surface area contributed by atoms with Gasteiger partial charge in [0.15, 0.2) is 0 Å². The van der Waals surface area contributed by atoms with Gasteiger partial charge in [-0.25, -0.2) is 4.79 Å². The Hall–Kier alpha value is -3.41. The normalized spacial score (nSPS) is 10.9. The molecule has 1 heterocycles. The van der Waals surface area contributed by atoms with E-state index < -0.39 is 6.09 Å². The van der Waals surface area contributed by atoms with Crippen LogP contribution in [-0.2, 0) is 4.74 Å². The molecule has 6 nitrogen and oxygen atoms in total. The van der Waals surface area contributed by atoms with Gasteiger partial charge in [0.05, 0.1) is 19.9 Å². The number of ether oxygens (including phenoxy) is 2. The molecule has 0 aliphatic rings. The number of carbonyl (C=O) groups is 1. The zero-order valence-electron chi connectivity index (χ0n) is 14.8. The highest BCUT2D eigenvalue weighted by Gasteiger charge is 2.13. The van der Waals surface area contributed by atoms with E-state index in [9.17, 15) is 4.79 Å². The Labute approximate surface area is 151 Å². The van der Waals surface area contributed by atoms with Crippen molar-refractivity contribution in [3.05, 3.63) is 60.3 Å². The number of methoxy groups -OCH3 is 2. The molecule has 3 aromatic rings. The minimum atomic E-state index is -0.748. The molecule has 3 rings (SSSR count). The first-order valence-corrected chi connectivity index (χ1v) is 8.05. The molecule has 0 aliphatic heterocycles. The number of aromatic amines is 1. The topological polar surface area (TPSA) is 76.0 Å². The summed E-state index contributed by atoms with van der Waals surface area (Å²) in [5.41, 5.74) is 5.66. The van der Waals surface area contributed by atoms with Crippen LogP contribution in [0.15, 0.2) is 64.8 Å². The van der Waals surface area contributed by atoms with Crippen LogP contribution in [0.5, 0.6) is 5.75 Å². The fourth-order valence-corrected chi connectivity index (χ4v) is 2.71. The highest BCUT2D eigenvalue weighted by atomic mass is 16.5. The molecule has 1 N–H and O–H groups in total. The number of rotatable bonds is 4. The zero-order chi connectivity index (χ0) is 18.5. The van der Waals surface area contributed by atoms with Crippen molar-refractivity contribution in [3.8, 4) is 28.1 Å². The number of H-pyrrole nitrogens is 1. The first-order chi connectivity index (χ1) is 12.6. The molecule has 26 heavy (non-hydrogen) atoms. The van der Waals surface area contributed by atoms with Gasteiger partial charge in [-0.15, -0.1) is 5.11 Å². The molecule has 0 bridgehead atoms. The maximum Gasteiger partial charge on any atom is 0.452 e. The van der Waals surface area contributed by atoms with Crippen molar-refractivity contribution in [1.82, 2.24) is 4.98 Å². The molecule has 6 heteroatoms. The summed E-state index contributed by atoms with van der Waals surface area (Å²) in [4.78, 5) is 14.5. The molecule has 0 spiro atoms. The summed E-state index contributed by atoms with van der Waals surface area (Å²) in [6.07, 6.45) is -0.748. The third kappa shape index (κ3) is 3.64. The van der Waals surface area contributed by atoms with Crippen LogP contribution in [0.1, 0.15) is 5.69 Å². The number of nitrogens with one attached hydrogen (secondary N) is 1. The summed E-state index contributed by atoms with van der Waals surface area (Å²) in [6, 6.07) is 17.6. The van der Waals surface area contributed by atoms with Crippen LogP contribution in [0.4, 0.5) is 10.5 Å². The summed E-state index contributed by atoms with van der Waals surface area (Å²) in [5, 5.41) is 7.31. The van der Waals surface area contributed by atoms with Gasteiger partial charge in [-0.1, -0.05) is 35.4 Å². The smallest absolute Gasteiger partial charge is 0.452 e. The van der Waals surface area contributed by atoms with E-state index in [0.29, 0.717) is 11.4 Å². The molecule has 1 amide bonds. The summed E-state index contributed by atoms with van der Waals surface area (Å²) < 4.78 is 9.96. The van der Waals surface area contributed by atoms with Gasteiger partial charge in [0.1, 0.15) is 5.75 Å². The number of nitrogens with zero attached hydrogens (tertiary/aromatic N) is 2. The second-order valence-electron chi connectivity index (χ2n) is 5.64. The van der Waals surface area contributed by atoms with Crippen molar-refractivity contribution < 1.29 is 14.3 Å². The Bertz CT molecular complexity index is 946. The van der Waals surface area contributed by atoms with Crippen molar-refractivity contribution in [1.29, 1.82) is 0 Å². The Morgan fingerprint density at radius 3 is 2.46 bits per heavy atom. The van der Waals surface area contributed by atoms with E-state index in [1.54, 1.807) is 19.2 Å². The van der Waals surface area contributed by atoms with Crippen LogP contribution in [-0.4, -0.2) is 25.3 Å². The largest absolute Gasteiger partial charge is 0.496 e. The molecule has 132 valence electrons. The fraction of sp³-hybridized carbons (Fsp3) is 0.150. The zero-order valence-corrected chi connectivity index (χ0v) is 14.8. The highest BCUT2D eigenvalue weighted by Crippen LogP contribution is 2.37. The number of benzene rings is 2. The summed E-state index contributed by atoms with van der Waals surface area (Å²) in [7, 11) is 2.85. The van der Waals surface area contributed by atoms with Crippen molar-refractivity contribution >= 4 is 11.8 Å². The van der Waals surface area contributed by atoms with E-state index in [1.165, 1.54) is 7.11 Å². The van der Waals surface area contributed by atoms with Crippen molar-refractivity contribution in [2.75, 3.05) is 14.2 Å². The maximum atomic E-state index is 11.1. The highest BCUT2D eigenvalue weighted by molar-refractivity contribution is 5.79. The molecule has 0 atom stereocenters. The van der Waals surface area contributed by atoms with Gasteiger partial charge >= 0.3 is 6.09 Å². The van der Waals surface area contributed by atoms with E-state index in [1.807, 2.05) is 31.2 Å². The van der Waals surface area contributed by atoms with Gasteiger partial charge < -0.3 is 14.5 Å². The number of amides is 1. The van der Waals surface area contributed by atoms with Crippen molar-refractivity contribution in [3.63, 3.8) is 0 Å². The van der Waals surface area contributed by atoms with E-state index >= 15 is 0 Å². The molecule has 2 aromatic carbocycles. The predicted molar refractivity (Wildman–Crippen MR) is 99.9 cm³/mol. The summed E-state index contributed by atoms with van der Waals surface area (Å²) >= 11 is 0. The quantitative estimate of drug-likeness (QED) is 0.630. The second-order valence-corrected chi connectivity index (χ2v) is 5.64. The SMILES string of the molecule is COC(=O)N=Nc1ccc(-c2cc(-c3ccccc3)[nH]c2C)c(OC)c1. The molecule has 0 fully saturated rings. The van der Waals surface area contributed by atoms with E-state index in [2.05, 4.69) is 38.1 Å². The lowest BCUT2D eigenvalue weighted by atomic mass is 10.0. The van der Waals surface area contributed by atoms with E-state index in [0.717, 1.165) is 28.1 Å². The number of hydrogen-bond acceptors (Lipinski definition) is 4. The van der Waals surface area contributed by atoms with E-state index in [-0.39, 0.29) is 0 Å². The lowest BCUT2D eigenvalue weighted by Gasteiger charge is -2.08. The number of carbonyl (C=O) groups excluding carboxylic acids is 1. The van der Waals surface area contributed by atoms with Crippen LogP contribution >= 0.6 is 0 Å². The lowest BCUT2D eigenvalue weighted by Crippen LogP contribution is -1.90. The third-order valence-electron chi connectivity index (χ3n) is 4.00. The Kier molecular flexibility index (Phi) is 5.12. The van der Waals surface area contributed by atoms with Gasteiger partial charge in [-0.3, -0.25) is 0 Å². The van der Waals surface area contributed by atoms with Crippen LogP contribution < -0.4 is 4.74 Å². The number of hydrogen-bond donors (Lipinski definition) is 1.